The summed E-state index contributed by atoms with van der Waals surface area (Å²) < 4.78 is 18.1. The maximum atomic E-state index is 13.3. The molecule has 0 heterocycles. The van der Waals surface area contributed by atoms with Gasteiger partial charge in [-0.2, -0.15) is 0 Å². The molecule has 0 aliphatic heterocycles. The van der Waals surface area contributed by atoms with Crippen molar-refractivity contribution in [2.24, 2.45) is 0 Å². The number of hydrogen-bond acceptors (Lipinski definition) is 4. The predicted molar refractivity (Wildman–Crippen MR) is 76.2 cm³/mol. The summed E-state index contributed by atoms with van der Waals surface area (Å²) in [6.45, 7) is -0.512. The minimum Gasteiger partial charge on any atom is -0.452 e. The monoisotopic (exact) mass is 288 g/mol. The molecule has 0 saturated carbocycles. The molecular weight excluding hydrogens is 275 g/mol. The summed E-state index contributed by atoms with van der Waals surface area (Å²) in [5.74, 6) is -1.86. The zero-order chi connectivity index (χ0) is 15.2. The lowest BCUT2D eigenvalue weighted by atomic mass is 10.2. The third-order valence-electron chi connectivity index (χ3n) is 2.60. The van der Waals surface area contributed by atoms with Gasteiger partial charge in [-0.1, -0.05) is 18.2 Å². The fraction of sp³-hybridized carbons (Fsp3) is 0.0667. The molecule has 5 nitrogen and oxygen atoms in total. The molecule has 0 unspecified atom stereocenters. The Morgan fingerprint density at radius 3 is 2.62 bits per heavy atom. The molecule has 2 rings (SSSR count). The fourth-order valence-corrected chi connectivity index (χ4v) is 1.63. The number of halogens is 1. The van der Waals surface area contributed by atoms with Crippen molar-refractivity contribution in [3.05, 3.63) is 59.9 Å². The van der Waals surface area contributed by atoms with Crippen LogP contribution in [0.25, 0.3) is 0 Å². The van der Waals surface area contributed by atoms with Crippen molar-refractivity contribution in [1.29, 1.82) is 0 Å². The highest BCUT2D eigenvalue weighted by Crippen LogP contribution is 2.12. The number of anilines is 2. The number of para-hydroxylation sites is 1. The molecule has 21 heavy (non-hydrogen) atoms. The van der Waals surface area contributed by atoms with E-state index in [1.54, 1.807) is 18.2 Å². The Morgan fingerprint density at radius 2 is 1.90 bits per heavy atom. The minimum absolute atomic E-state index is 0.0301. The second-order valence-corrected chi connectivity index (χ2v) is 4.23. The number of benzene rings is 2. The Hall–Kier alpha value is -2.89. The van der Waals surface area contributed by atoms with Gasteiger partial charge in [0.15, 0.2) is 6.61 Å². The Morgan fingerprint density at radius 1 is 1.14 bits per heavy atom. The van der Waals surface area contributed by atoms with Gasteiger partial charge in [0.1, 0.15) is 5.82 Å². The van der Waals surface area contributed by atoms with Gasteiger partial charge in [-0.3, -0.25) is 4.79 Å². The van der Waals surface area contributed by atoms with Crippen LogP contribution < -0.4 is 11.1 Å². The van der Waals surface area contributed by atoms with E-state index in [-0.39, 0.29) is 11.3 Å². The average Bonchev–Trinajstić information content (AvgIpc) is 2.47. The molecule has 0 radical (unpaired) electrons. The van der Waals surface area contributed by atoms with Gasteiger partial charge in [-0.15, -0.1) is 0 Å². The molecule has 1 amide bonds. The highest BCUT2D eigenvalue weighted by Gasteiger charge is 2.11. The predicted octanol–water partition coefficient (Wildman–Crippen LogP) is 2.20. The Labute approximate surface area is 120 Å². The molecule has 0 saturated heterocycles. The molecule has 0 aromatic heterocycles. The van der Waals surface area contributed by atoms with Crippen molar-refractivity contribution < 1.29 is 18.7 Å². The Balaban J connectivity index is 1.90. The number of esters is 1. The fourth-order valence-electron chi connectivity index (χ4n) is 1.63. The molecule has 2 aromatic carbocycles. The van der Waals surface area contributed by atoms with E-state index in [2.05, 4.69) is 5.32 Å². The van der Waals surface area contributed by atoms with Crippen molar-refractivity contribution in [3.63, 3.8) is 0 Å². The van der Waals surface area contributed by atoms with E-state index in [9.17, 15) is 14.0 Å². The number of nitrogens with one attached hydrogen (secondary N) is 1. The van der Waals surface area contributed by atoms with Crippen LogP contribution >= 0.6 is 0 Å². The third-order valence-corrected chi connectivity index (χ3v) is 2.60. The highest BCUT2D eigenvalue weighted by molar-refractivity contribution is 5.95. The molecule has 0 bridgehead atoms. The maximum absolute atomic E-state index is 13.3. The van der Waals surface area contributed by atoms with Crippen LogP contribution in [-0.4, -0.2) is 18.5 Å². The van der Waals surface area contributed by atoms with Crippen LogP contribution in [0.3, 0.4) is 0 Å². The molecule has 2 aromatic rings. The van der Waals surface area contributed by atoms with Gasteiger partial charge < -0.3 is 15.8 Å². The Kier molecular flexibility index (Phi) is 4.50. The first kappa shape index (κ1) is 14.5. The minimum atomic E-state index is -0.675. The van der Waals surface area contributed by atoms with E-state index in [1.165, 1.54) is 30.3 Å². The van der Waals surface area contributed by atoms with Crippen LogP contribution in [0.1, 0.15) is 10.4 Å². The molecular formula is C15H13FN2O3. The second kappa shape index (κ2) is 6.51. The summed E-state index contributed by atoms with van der Waals surface area (Å²) in [7, 11) is 0. The molecule has 0 aliphatic carbocycles. The van der Waals surface area contributed by atoms with Crippen molar-refractivity contribution in [2.45, 2.75) is 0 Å². The van der Waals surface area contributed by atoms with Crippen molar-refractivity contribution in [1.82, 2.24) is 0 Å². The van der Waals surface area contributed by atoms with Gasteiger partial charge in [0.25, 0.3) is 5.91 Å². The average molecular weight is 288 g/mol. The summed E-state index contributed by atoms with van der Waals surface area (Å²) in [6, 6.07) is 11.9. The normalized spacial score (nSPS) is 9.95. The van der Waals surface area contributed by atoms with Crippen LogP contribution in [-0.2, 0) is 9.53 Å². The smallest absolute Gasteiger partial charge is 0.338 e. The van der Waals surface area contributed by atoms with E-state index in [0.29, 0.717) is 5.69 Å². The van der Waals surface area contributed by atoms with E-state index in [0.717, 1.165) is 0 Å². The van der Waals surface area contributed by atoms with E-state index in [4.69, 9.17) is 10.5 Å². The lowest BCUT2D eigenvalue weighted by Gasteiger charge is -2.07. The number of amides is 1. The van der Waals surface area contributed by atoms with Crippen LogP contribution in [0, 0.1) is 5.82 Å². The molecule has 0 spiro atoms. The van der Waals surface area contributed by atoms with Gasteiger partial charge >= 0.3 is 5.97 Å². The van der Waals surface area contributed by atoms with Gasteiger partial charge in [0.05, 0.1) is 11.3 Å². The second-order valence-electron chi connectivity index (χ2n) is 4.23. The van der Waals surface area contributed by atoms with Crippen molar-refractivity contribution in [2.75, 3.05) is 17.7 Å². The van der Waals surface area contributed by atoms with Gasteiger partial charge in [0.2, 0.25) is 0 Å². The van der Waals surface area contributed by atoms with Crippen LogP contribution in [0.5, 0.6) is 0 Å². The maximum Gasteiger partial charge on any atom is 0.338 e. The number of nitrogen functional groups attached to an aromatic ring is 1. The summed E-state index contributed by atoms with van der Waals surface area (Å²) in [5, 5.41) is 2.31. The van der Waals surface area contributed by atoms with Gasteiger partial charge in [-0.05, 0) is 30.3 Å². The number of carbonyl (C=O) groups excluding carboxylic acids is 2. The zero-order valence-corrected chi connectivity index (χ0v) is 11.0. The summed E-state index contributed by atoms with van der Waals surface area (Å²) in [4.78, 5) is 23.3. The van der Waals surface area contributed by atoms with Gasteiger partial charge in [-0.25, -0.2) is 9.18 Å². The van der Waals surface area contributed by atoms with Gasteiger partial charge in [0, 0.05) is 5.69 Å². The molecule has 6 heteroatoms. The molecule has 0 aliphatic rings. The van der Waals surface area contributed by atoms with Crippen molar-refractivity contribution >= 4 is 23.3 Å². The van der Waals surface area contributed by atoms with Crippen LogP contribution in [0.4, 0.5) is 15.8 Å². The van der Waals surface area contributed by atoms with Crippen molar-refractivity contribution in [3.8, 4) is 0 Å². The molecule has 0 fully saturated rings. The van der Waals surface area contributed by atoms with Crippen LogP contribution in [0.2, 0.25) is 0 Å². The number of rotatable bonds is 4. The largest absolute Gasteiger partial charge is 0.452 e. The number of ether oxygens (including phenoxy) is 1. The van der Waals surface area contributed by atoms with E-state index < -0.39 is 24.3 Å². The standard InChI is InChI=1S/C15H13FN2O3/c16-12-6-1-2-7-13(12)18-14(19)9-21-15(20)10-4-3-5-11(17)8-10/h1-8H,9,17H2,(H,18,19). The zero-order valence-electron chi connectivity index (χ0n) is 11.0. The van der Waals surface area contributed by atoms with E-state index >= 15 is 0 Å². The summed E-state index contributed by atoms with van der Waals surface area (Å²) in [6.07, 6.45) is 0. The summed E-state index contributed by atoms with van der Waals surface area (Å²) >= 11 is 0. The highest BCUT2D eigenvalue weighted by atomic mass is 19.1. The summed E-state index contributed by atoms with van der Waals surface area (Å²) in [5.41, 5.74) is 6.23. The third kappa shape index (κ3) is 4.04. The molecule has 3 N–H and O–H groups in total. The first-order valence-electron chi connectivity index (χ1n) is 6.13. The number of nitrogens with two attached hydrogens (primary N) is 1. The quantitative estimate of drug-likeness (QED) is 0.667. The number of hydrogen-bond donors (Lipinski definition) is 2. The lowest BCUT2D eigenvalue weighted by molar-refractivity contribution is -0.119. The van der Waals surface area contributed by atoms with Crippen LogP contribution in [0.15, 0.2) is 48.5 Å². The number of carbonyl (C=O) groups is 2. The SMILES string of the molecule is Nc1cccc(C(=O)OCC(=O)Nc2ccccc2F)c1. The lowest BCUT2D eigenvalue weighted by Crippen LogP contribution is -2.21. The Bertz CT molecular complexity index is 673. The first-order valence-corrected chi connectivity index (χ1v) is 6.13. The van der Waals surface area contributed by atoms with E-state index in [1.807, 2.05) is 0 Å². The first-order chi connectivity index (χ1) is 10.1. The molecule has 0 atom stereocenters. The topological polar surface area (TPSA) is 81.4 Å². The molecule has 108 valence electrons.